The molecule has 0 spiro atoms. The molecule has 1 saturated carbocycles. The molecular weight excluding hydrogens is 218 g/mol. The minimum atomic E-state index is -0.603. The maximum atomic E-state index is 11.4. The molecule has 0 aliphatic heterocycles. The molecule has 0 amide bonds. The second-order valence-electron chi connectivity index (χ2n) is 4.77. The smallest absolute Gasteiger partial charge is 0.135 e. The summed E-state index contributed by atoms with van der Waals surface area (Å²) in [5.74, 6) is -0.0214. The lowest BCUT2D eigenvalue weighted by atomic mass is 9.97. The quantitative estimate of drug-likeness (QED) is 0.741. The highest BCUT2D eigenvalue weighted by molar-refractivity contribution is 5.84. The molecule has 0 saturated heterocycles. The maximum Gasteiger partial charge on any atom is 0.135 e. The average molecular weight is 235 g/mol. The Labute approximate surface area is 100 Å². The first-order chi connectivity index (χ1) is 7.92. The van der Waals surface area contributed by atoms with E-state index in [0.29, 0.717) is 12.0 Å². The van der Waals surface area contributed by atoms with Crippen LogP contribution in [0.3, 0.4) is 0 Å². The van der Waals surface area contributed by atoms with Crippen molar-refractivity contribution in [2.45, 2.75) is 25.8 Å². The van der Waals surface area contributed by atoms with Crippen molar-refractivity contribution in [1.82, 2.24) is 5.32 Å². The number of carbonyl (C=O) groups excluding carboxylic acids is 1. The number of rotatable bonds is 3. The van der Waals surface area contributed by atoms with Gasteiger partial charge >= 0.3 is 0 Å². The number of phenols is 2. The van der Waals surface area contributed by atoms with E-state index in [9.17, 15) is 15.0 Å². The van der Waals surface area contributed by atoms with E-state index in [1.807, 2.05) is 0 Å². The molecular formula is C13H17NO3. The number of phenolic OH excluding ortho intramolecular Hbond substituents is 2. The monoisotopic (exact) mass is 235 g/mol. The second-order valence-corrected chi connectivity index (χ2v) is 4.77. The predicted molar refractivity (Wildman–Crippen MR) is 64.0 cm³/mol. The Morgan fingerprint density at radius 1 is 1.41 bits per heavy atom. The largest absolute Gasteiger partial charge is 0.507 e. The minimum Gasteiger partial charge on any atom is -0.507 e. The number of aryl methyl sites for hydroxylation is 1. The highest BCUT2D eigenvalue weighted by atomic mass is 16.3. The van der Waals surface area contributed by atoms with Gasteiger partial charge in [0.2, 0.25) is 0 Å². The van der Waals surface area contributed by atoms with E-state index in [-0.39, 0.29) is 23.2 Å². The van der Waals surface area contributed by atoms with Crippen LogP contribution >= 0.6 is 0 Å². The topological polar surface area (TPSA) is 69.6 Å². The molecule has 0 aromatic heterocycles. The summed E-state index contributed by atoms with van der Waals surface area (Å²) in [6, 6.07) is 3.20. The molecule has 1 aliphatic carbocycles. The summed E-state index contributed by atoms with van der Waals surface area (Å²) >= 11 is 0. The van der Waals surface area contributed by atoms with E-state index in [1.54, 1.807) is 26.1 Å². The van der Waals surface area contributed by atoms with E-state index in [1.165, 1.54) is 6.92 Å². The maximum absolute atomic E-state index is 11.4. The van der Waals surface area contributed by atoms with Gasteiger partial charge in [-0.1, -0.05) is 0 Å². The van der Waals surface area contributed by atoms with Crippen molar-refractivity contribution in [3.63, 3.8) is 0 Å². The van der Waals surface area contributed by atoms with Crippen molar-refractivity contribution in [1.29, 1.82) is 0 Å². The van der Waals surface area contributed by atoms with Gasteiger partial charge in [-0.15, -0.1) is 0 Å². The van der Waals surface area contributed by atoms with Crippen LogP contribution in [-0.2, 0) is 10.3 Å². The van der Waals surface area contributed by atoms with Crippen molar-refractivity contribution < 1.29 is 15.0 Å². The predicted octanol–water partition coefficient (Wildman–Crippen LogP) is 1.43. The average Bonchev–Trinajstić information content (AvgIpc) is 2.92. The Morgan fingerprint density at radius 2 is 1.94 bits per heavy atom. The molecule has 1 aromatic carbocycles. The Kier molecular flexibility index (Phi) is 2.62. The number of Topliss-reactive ketones (excluding diaryl/α,β-unsaturated/α-hetero) is 1. The van der Waals surface area contributed by atoms with Gasteiger partial charge in [-0.25, -0.2) is 0 Å². The molecule has 92 valence electrons. The zero-order chi connectivity index (χ0) is 12.8. The summed E-state index contributed by atoms with van der Waals surface area (Å²) < 4.78 is 0. The van der Waals surface area contributed by atoms with E-state index >= 15 is 0 Å². The van der Waals surface area contributed by atoms with Gasteiger partial charge < -0.3 is 15.5 Å². The number of benzene rings is 1. The first-order valence-corrected chi connectivity index (χ1v) is 5.65. The molecule has 1 aliphatic rings. The van der Waals surface area contributed by atoms with Gasteiger partial charge in [0.15, 0.2) is 0 Å². The SMILES string of the molecule is CNC1(c2c(O)cc(C)cc2O)CC1C(C)=O. The summed E-state index contributed by atoms with van der Waals surface area (Å²) in [5, 5.41) is 23.0. The summed E-state index contributed by atoms with van der Waals surface area (Å²) in [4.78, 5) is 11.4. The molecule has 0 bridgehead atoms. The highest BCUT2D eigenvalue weighted by Crippen LogP contribution is 2.57. The Balaban J connectivity index is 2.51. The van der Waals surface area contributed by atoms with Crippen LogP contribution in [0.5, 0.6) is 11.5 Å². The molecule has 4 nitrogen and oxygen atoms in total. The van der Waals surface area contributed by atoms with Gasteiger partial charge in [0.05, 0.1) is 11.1 Å². The van der Waals surface area contributed by atoms with Crippen LogP contribution in [0.4, 0.5) is 0 Å². The highest BCUT2D eigenvalue weighted by Gasteiger charge is 2.59. The Morgan fingerprint density at radius 3 is 2.29 bits per heavy atom. The zero-order valence-corrected chi connectivity index (χ0v) is 10.2. The third-order valence-corrected chi connectivity index (χ3v) is 3.58. The van der Waals surface area contributed by atoms with Crippen molar-refractivity contribution in [3.05, 3.63) is 23.3 Å². The van der Waals surface area contributed by atoms with Crippen LogP contribution in [0.2, 0.25) is 0 Å². The van der Waals surface area contributed by atoms with E-state index in [4.69, 9.17) is 0 Å². The molecule has 0 heterocycles. The first kappa shape index (κ1) is 11.9. The third-order valence-electron chi connectivity index (χ3n) is 3.58. The molecule has 17 heavy (non-hydrogen) atoms. The molecule has 2 rings (SSSR count). The van der Waals surface area contributed by atoms with Crippen molar-refractivity contribution >= 4 is 5.78 Å². The fourth-order valence-corrected chi connectivity index (χ4v) is 2.64. The lowest BCUT2D eigenvalue weighted by Crippen LogP contribution is -2.29. The molecule has 1 fully saturated rings. The lowest BCUT2D eigenvalue weighted by Gasteiger charge is -2.19. The van der Waals surface area contributed by atoms with Crippen LogP contribution in [0.25, 0.3) is 0 Å². The van der Waals surface area contributed by atoms with Gasteiger partial charge in [-0.2, -0.15) is 0 Å². The third kappa shape index (κ3) is 1.69. The van der Waals surface area contributed by atoms with Crippen LogP contribution < -0.4 is 5.32 Å². The van der Waals surface area contributed by atoms with Crippen molar-refractivity contribution in [2.75, 3.05) is 7.05 Å². The molecule has 4 heteroatoms. The minimum absolute atomic E-state index is 0.0422. The summed E-state index contributed by atoms with van der Waals surface area (Å²) in [7, 11) is 1.74. The van der Waals surface area contributed by atoms with Crippen LogP contribution in [0.1, 0.15) is 24.5 Å². The van der Waals surface area contributed by atoms with Crippen LogP contribution in [0.15, 0.2) is 12.1 Å². The standard InChI is InChI=1S/C13H17NO3/c1-7-4-10(16)12(11(17)5-7)13(14-3)6-9(13)8(2)15/h4-5,9,14,16-17H,6H2,1-3H3. The summed E-state index contributed by atoms with van der Waals surface area (Å²) in [6.45, 7) is 3.33. The normalized spacial score (nSPS) is 26.9. The van der Waals surface area contributed by atoms with Gasteiger partial charge in [-0.05, 0) is 45.0 Å². The van der Waals surface area contributed by atoms with Gasteiger partial charge in [0, 0.05) is 5.92 Å². The van der Waals surface area contributed by atoms with Gasteiger partial charge in [0.1, 0.15) is 17.3 Å². The molecule has 2 atom stereocenters. The zero-order valence-electron chi connectivity index (χ0n) is 10.2. The molecule has 3 N–H and O–H groups in total. The molecule has 1 aromatic rings. The first-order valence-electron chi connectivity index (χ1n) is 5.65. The number of hydrogen-bond donors (Lipinski definition) is 3. The second kappa shape index (κ2) is 3.74. The Bertz CT molecular complexity index is 461. The lowest BCUT2D eigenvalue weighted by molar-refractivity contribution is -0.118. The number of aromatic hydroxyl groups is 2. The van der Waals surface area contributed by atoms with E-state index < -0.39 is 5.54 Å². The van der Waals surface area contributed by atoms with Crippen LogP contribution in [-0.4, -0.2) is 23.0 Å². The number of carbonyl (C=O) groups is 1. The van der Waals surface area contributed by atoms with Crippen molar-refractivity contribution in [3.8, 4) is 11.5 Å². The molecule has 2 unspecified atom stereocenters. The van der Waals surface area contributed by atoms with Crippen LogP contribution in [0, 0.1) is 12.8 Å². The fourth-order valence-electron chi connectivity index (χ4n) is 2.64. The number of hydrogen-bond acceptors (Lipinski definition) is 4. The number of nitrogens with one attached hydrogen (secondary N) is 1. The van der Waals surface area contributed by atoms with E-state index in [2.05, 4.69) is 5.32 Å². The summed E-state index contributed by atoms with van der Waals surface area (Å²) in [6.07, 6.45) is 0.614. The fraction of sp³-hybridized carbons (Fsp3) is 0.462. The van der Waals surface area contributed by atoms with Crippen molar-refractivity contribution in [2.24, 2.45) is 5.92 Å². The summed E-state index contributed by atoms with van der Waals surface area (Å²) in [5.41, 5.74) is 0.620. The Hall–Kier alpha value is -1.55. The van der Waals surface area contributed by atoms with E-state index in [0.717, 1.165) is 5.56 Å². The number of ketones is 1. The molecule has 0 radical (unpaired) electrons. The van der Waals surface area contributed by atoms with Gasteiger partial charge in [-0.3, -0.25) is 4.79 Å². The van der Waals surface area contributed by atoms with Gasteiger partial charge in [0.25, 0.3) is 0 Å².